The van der Waals surface area contributed by atoms with Crippen molar-refractivity contribution >= 4 is 11.8 Å². The first-order chi connectivity index (χ1) is 12.0. The highest BCUT2D eigenvalue weighted by molar-refractivity contribution is 5.91. The van der Waals surface area contributed by atoms with Crippen LogP contribution in [0.5, 0.6) is 0 Å². The molecule has 7 atom stereocenters. The summed E-state index contributed by atoms with van der Waals surface area (Å²) in [6.07, 6.45) is 14.8. The van der Waals surface area contributed by atoms with E-state index in [4.69, 9.17) is 4.74 Å². The Kier molecular flexibility index (Phi) is 3.52. The maximum Gasteiger partial charge on any atom is 0.306 e. The van der Waals surface area contributed by atoms with Crippen LogP contribution < -0.4 is 0 Å². The van der Waals surface area contributed by atoms with E-state index in [9.17, 15) is 9.59 Å². The van der Waals surface area contributed by atoms with Crippen LogP contribution in [0.15, 0.2) is 23.8 Å². The molecule has 3 nitrogen and oxygen atoms in total. The number of hydrogen-bond acceptors (Lipinski definition) is 3. The van der Waals surface area contributed by atoms with E-state index in [1.807, 2.05) is 6.08 Å². The van der Waals surface area contributed by atoms with Crippen LogP contribution in [0, 0.1) is 35.0 Å². The van der Waals surface area contributed by atoms with Crippen molar-refractivity contribution in [2.24, 2.45) is 35.0 Å². The van der Waals surface area contributed by atoms with Gasteiger partial charge in [0, 0.05) is 18.8 Å². The van der Waals surface area contributed by atoms with Crippen LogP contribution in [-0.4, -0.2) is 17.9 Å². The molecule has 25 heavy (non-hydrogen) atoms. The average molecular weight is 340 g/mol. The van der Waals surface area contributed by atoms with E-state index >= 15 is 0 Å². The van der Waals surface area contributed by atoms with Gasteiger partial charge in [0.2, 0.25) is 0 Å². The lowest BCUT2D eigenvalue weighted by atomic mass is 9.51. The smallest absolute Gasteiger partial charge is 0.306 e. The predicted molar refractivity (Wildman–Crippen MR) is 94.6 cm³/mol. The second-order valence-corrected chi connectivity index (χ2v) is 9.36. The number of carbonyl (C=O) groups excluding carboxylic acids is 2. The van der Waals surface area contributed by atoms with Crippen molar-refractivity contribution < 1.29 is 14.3 Å². The molecular formula is C22H28O3. The Morgan fingerprint density at radius 2 is 2.00 bits per heavy atom. The second kappa shape index (κ2) is 5.56. The molecular weight excluding hydrogens is 312 g/mol. The van der Waals surface area contributed by atoms with Gasteiger partial charge < -0.3 is 4.74 Å². The number of rotatable bonds is 0. The number of fused-ring (bicyclic) bond motifs is 7. The monoisotopic (exact) mass is 340 g/mol. The normalized spacial score (nSPS) is 48.4. The fraction of sp³-hybridized carbons (Fsp3) is 0.727. The Balaban J connectivity index is 1.50. The van der Waals surface area contributed by atoms with Gasteiger partial charge in [-0.1, -0.05) is 19.1 Å². The molecule has 0 aromatic carbocycles. The molecule has 0 aromatic heterocycles. The average Bonchev–Trinajstić information content (AvgIpc) is 3.31. The van der Waals surface area contributed by atoms with E-state index in [-0.39, 0.29) is 12.1 Å². The topological polar surface area (TPSA) is 43.4 Å². The molecule has 1 saturated heterocycles. The van der Waals surface area contributed by atoms with Crippen LogP contribution in [0.25, 0.3) is 0 Å². The van der Waals surface area contributed by atoms with Crippen molar-refractivity contribution in [3.63, 3.8) is 0 Å². The van der Waals surface area contributed by atoms with E-state index in [1.165, 1.54) is 18.4 Å². The summed E-state index contributed by atoms with van der Waals surface area (Å²) in [6, 6.07) is 0. The summed E-state index contributed by atoms with van der Waals surface area (Å²) in [6.45, 7) is 2.47. The maximum absolute atomic E-state index is 12.0. The molecule has 0 radical (unpaired) electrons. The van der Waals surface area contributed by atoms with Crippen LogP contribution in [0.3, 0.4) is 0 Å². The van der Waals surface area contributed by atoms with E-state index in [0.717, 1.165) is 32.1 Å². The van der Waals surface area contributed by atoms with Crippen molar-refractivity contribution in [3.05, 3.63) is 23.8 Å². The molecule has 2 saturated carbocycles. The first-order valence-electron chi connectivity index (χ1n) is 10.2. The predicted octanol–water partition coefficient (Wildman–Crippen LogP) is 4.23. The summed E-state index contributed by atoms with van der Waals surface area (Å²) in [5, 5.41) is 0. The minimum Gasteiger partial charge on any atom is -0.462 e. The molecule has 0 N–H and O–H groups in total. The van der Waals surface area contributed by atoms with Crippen LogP contribution >= 0.6 is 0 Å². The second-order valence-electron chi connectivity index (χ2n) is 9.36. The van der Waals surface area contributed by atoms with Gasteiger partial charge in [0.05, 0.1) is 0 Å². The van der Waals surface area contributed by atoms with Gasteiger partial charge >= 0.3 is 5.97 Å². The van der Waals surface area contributed by atoms with E-state index in [1.54, 1.807) is 0 Å². The summed E-state index contributed by atoms with van der Waals surface area (Å²) in [5.41, 5.74) is 1.62. The SMILES string of the molecule is CC12CCCC(=O)O[C@@H]3C[C@@H]3C1C1C=CC3=CC(=O)CCC3C1CC2. The minimum atomic E-state index is 0.0153. The van der Waals surface area contributed by atoms with Crippen LogP contribution in [0.4, 0.5) is 0 Å². The zero-order valence-electron chi connectivity index (χ0n) is 15.1. The number of carbonyl (C=O) groups is 2. The molecule has 3 heteroatoms. The third-order valence-electron chi connectivity index (χ3n) is 7.90. The minimum absolute atomic E-state index is 0.0153. The molecule has 134 valence electrons. The third kappa shape index (κ3) is 2.53. The largest absolute Gasteiger partial charge is 0.462 e. The molecule has 0 spiro atoms. The first kappa shape index (κ1) is 15.8. The van der Waals surface area contributed by atoms with Gasteiger partial charge in [0.1, 0.15) is 6.10 Å². The molecule has 3 fully saturated rings. The molecule has 0 bridgehead atoms. The van der Waals surface area contributed by atoms with Crippen molar-refractivity contribution in [1.82, 2.24) is 0 Å². The summed E-state index contributed by atoms with van der Waals surface area (Å²) in [5.74, 6) is 3.36. The van der Waals surface area contributed by atoms with Gasteiger partial charge in [-0.3, -0.25) is 9.59 Å². The fourth-order valence-electron chi connectivity index (χ4n) is 6.66. The third-order valence-corrected chi connectivity index (χ3v) is 7.90. The van der Waals surface area contributed by atoms with E-state index in [0.29, 0.717) is 47.2 Å². The summed E-state index contributed by atoms with van der Waals surface area (Å²) < 4.78 is 5.72. The summed E-state index contributed by atoms with van der Waals surface area (Å²) in [4.78, 5) is 23.8. The van der Waals surface area contributed by atoms with Crippen LogP contribution in [-0.2, 0) is 14.3 Å². The number of esters is 1. The van der Waals surface area contributed by atoms with Gasteiger partial charge in [-0.2, -0.15) is 0 Å². The molecule has 1 aliphatic heterocycles. The molecule has 5 unspecified atom stereocenters. The lowest BCUT2D eigenvalue weighted by Crippen LogP contribution is -2.46. The van der Waals surface area contributed by atoms with Crippen LogP contribution in [0.2, 0.25) is 0 Å². The lowest BCUT2D eigenvalue weighted by Gasteiger charge is -2.53. The zero-order chi connectivity index (χ0) is 17.2. The highest BCUT2D eigenvalue weighted by atomic mass is 16.5. The van der Waals surface area contributed by atoms with Gasteiger partial charge in [-0.15, -0.1) is 0 Å². The Bertz CT molecular complexity index is 675. The molecule has 5 aliphatic rings. The number of ketones is 1. The molecule has 0 aromatic rings. The summed E-state index contributed by atoms with van der Waals surface area (Å²) >= 11 is 0. The van der Waals surface area contributed by atoms with E-state index in [2.05, 4.69) is 19.1 Å². The van der Waals surface area contributed by atoms with Crippen molar-refractivity contribution in [2.75, 3.05) is 0 Å². The lowest BCUT2D eigenvalue weighted by molar-refractivity contribution is -0.145. The highest BCUT2D eigenvalue weighted by Crippen LogP contribution is 2.62. The summed E-state index contributed by atoms with van der Waals surface area (Å²) in [7, 11) is 0. The molecule has 5 rings (SSSR count). The van der Waals surface area contributed by atoms with Gasteiger partial charge in [0.15, 0.2) is 5.78 Å². The van der Waals surface area contributed by atoms with Gasteiger partial charge in [-0.25, -0.2) is 0 Å². The molecule has 1 heterocycles. The van der Waals surface area contributed by atoms with Gasteiger partial charge in [0.25, 0.3) is 0 Å². The molecule has 0 amide bonds. The Morgan fingerprint density at radius 3 is 2.88 bits per heavy atom. The Hall–Kier alpha value is -1.38. The Morgan fingerprint density at radius 1 is 1.12 bits per heavy atom. The quantitative estimate of drug-likeness (QED) is 0.620. The van der Waals surface area contributed by atoms with Crippen LogP contribution in [0.1, 0.15) is 58.3 Å². The highest BCUT2D eigenvalue weighted by Gasteiger charge is 2.59. The van der Waals surface area contributed by atoms with E-state index < -0.39 is 0 Å². The maximum atomic E-state index is 12.0. The standard InChI is InChI=1S/C22H28O3/c1-22-9-2-3-20(24)25-19-12-18(19)21(22)17-6-4-13-11-14(23)5-7-15(13)16(17)8-10-22/h4,6,11,15-19,21H,2-3,5,7-10,12H2,1H3/t15?,16?,17?,18-,19+,21?,22?/m0/s1. The number of allylic oxidation sites excluding steroid dienone is 4. The Labute approximate surface area is 149 Å². The number of ether oxygens (including phenoxy) is 1. The van der Waals surface area contributed by atoms with Gasteiger partial charge in [-0.05, 0) is 79.3 Å². The number of hydrogen-bond donors (Lipinski definition) is 0. The van der Waals surface area contributed by atoms with Crippen molar-refractivity contribution in [1.29, 1.82) is 0 Å². The first-order valence-corrected chi connectivity index (χ1v) is 10.2. The van der Waals surface area contributed by atoms with Crippen molar-refractivity contribution in [3.8, 4) is 0 Å². The van der Waals surface area contributed by atoms with Crippen molar-refractivity contribution in [2.45, 2.75) is 64.4 Å². The zero-order valence-corrected chi connectivity index (χ0v) is 15.1. The molecule has 4 aliphatic carbocycles. The fourth-order valence-corrected chi connectivity index (χ4v) is 6.66.